The van der Waals surface area contributed by atoms with E-state index in [9.17, 15) is 10.1 Å². The Morgan fingerprint density at radius 1 is 1.13 bits per heavy atom. The van der Waals surface area contributed by atoms with Crippen LogP contribution in [0.1, 0.15) is 27.7 Å². The number of rotatable bonds is 1. The van der Waals surface area contributed by atoms with E-state index in [2.05, 4.69) is 17.1 Å². The summed E-state index contributed by atoms with van der Waals surface area (Å²) in [7, 11) is 0. The predicted octanol–water partition coefficient (Wildman–Crippen LogP) is 3.43. The quantitative estimate of drug-likeness (QED) is 0.748. The molecule has 0 bridgehead atoms. The number of nitrogens with one attached hydrogen (secondary N) is 1. The molecular formula is C19H15N3O. The fourth-order valence-electron chi connectivity index (χ4n) is 3.34. The minimum absolute atomic E-state index is 0.0959. The van der Waals surface area contributed by atoms with Gasteiger partial charge in [-0.1, -0.05) is 36.4 Å². The molecule has 0 fully saturated rings. The monoisotopic (exact) mass is 301 g/mol. The Kier molecular flexibility index (Phi) is 3.13. The standard InChI is InChI=1S/C19H15N3O/c20-12-17-18-15(14-8-4-5-9-16(14)21-18)10-11-22(17)19(23)13-6-2-1-3-7-13/h1-9,17,21H,10-11H2. The van der Waals surface area contributed by atoms with E-state index >= 15 is 0 Å². The van der Waals surface area contributed by atoms with E-state index in [1.807, 2.05) is 36.4 Å². The summed E-state index contributed by atoms with van der Waals surface area (Å²) in [5, 5.41) is 10.8. The Morgan fingerprint density at radius 2 is 1.87 bits per heavy atom. The second-order valence-corrected chi connectivity index (χ2v) is 5.71. The van der Waals surface area contributed by atoms with Crippen molar-refractivity contribution >= 4 is 16.8 Å². The van der Waals surface area contributed by atoms with Crippen LogP contribution in [0, 0.1) is 11.3 Å². The molecule has 4 nitrogen and oxygen atoms in total. The normalized spacial score (nSPS) is 16.8. The van der Waals surface area contributed by atoms with Crippen molar-refractivity contribution in [3.63, 3.8) is 0 Å². The number of aromatic amines is 1. The van der Waals surface area contributed by atoms with Crippen molar-refractivity contribution in [3.05, 3.63) is 71.4 Å². The molecule has 1 aliphatic rings. The van der Waals surface area contributed by atoms with E-state index in [0.29, 0.717) is 12.1 Å². The average Bonchev–Trinajstić information content (AvgIpc) is 2.99. The number of H-pyrrole nitrogens is 1. The van der Waals surface area contributed by atoms with Crippen LogP contribution < -0.4 is 0 Å². The average molecular weight is 301 g/mol. The van der Waals surface area contributed by atoms with Gasteiger partial charge in [0.1, 0.15) is 0 Å². The third kappa shape index (κ3) is 2.09. The van der Waals surface area contributed by atoms with Crippen LogP contribution in [0.15, 0.2) is 54.6 Å². The van der Waals surface area contributed by atoms with Crippen molar-refractivity contribution in [2.24, 2.45) is 0 Å². The largest absolute Gasteiger partial charge is 0.356 e. The highest BCUT2D eigenvalue weighted by atomic mass is 16.2. The van der Waals surface area contributed by atoms with Crippen LogP contribution in [0.3, 0.4) is 0 Å². The molecule has 0 radical (unpaired) electrons. The van der Waals surface area contributed by atoms with Crippen molar-refractivity contribution in [2.75, 3.05) is 6.54 Å². The molecule has 112 valence electrons. The van der Waals surface area contributed by atoms with Crippen LogP contribution in [0.5, 0.6) is 0 Å². The van der Waals surface area contributed by atoms with Gasteiger partial charge < -0.3 is 9.88 Å². The van der Waals surface area contributed by atoms with E-state index in [1.165, 1.54) is 0 Å². The molecule has 0 spiro atoms. The Labute approximate surface area is 134 Å². The molecule has 1 amide bonds. The van der Waals surface area contributed by atoms with Gasteiger partial charge >= 0.3 is 0 Å². The van der Waals surface area contributed by atoms with Crippen LogP contribution in [-0.2, 0) is 6.42 Å². The lowest BCUT2D eigenvalue weighted by atomic mass is 9.97. The topological polar surface area (TPSA) is 59.9 Å². The van der Waals surface area contributed by atoms with Gasteiger partial charge in [-0.2, -0.15) is 5.26 Å². The number of amides is 1. The van der Waals surface area contributed by atoms with Gasteiger partial charge in [-0.3, -0.25) is 4.79 Å². The zero-order valence-electron chi connectivity index (χ0n) is 12.5. The first-order chi connectivity index (χ1) is 11.3. The first-order valence-electron chi connectivity index (χ1n) is 7.64. The van der Waals surface area contributed by atoms with Crippen molar-refractivity contribution in [2.45, 2.75) is 12.5 Å². The number of hydrogen-bond donors (Lipinski definition) is 1. The lowest BCUT2D eigenvalue weighted by molar-refractivity contribution is 0.0703. The summed E-state index contributed by atoms with van der Waals surface area (Å²) < 4.78 is 0. The zero-order valence-corrected chi connectivity index (χ0v) is 12.5. The maximum Gasteiger partial charge on any atom is 0.255 e. The lowest BCUT2D eigenvalue weighted by Gasteiger charge is -2.31. The molecule has 4 heteroatoms. The molecule has 23 heavy (non-hydrogen) atoms. The van der Waals surface area contributed by atoms with Crippen molar-refractivity contribution in [1.29, 1.82) is 5.26 Å². The summed E-state index contributed by atoms with van der Waals surface area (Å²) >= 11 is 0. The predicted molar refractivity (Wildman–Crippen MR) is 87.8 cm³/mol. The van der Waals surface area contributed by atoms with Crippen LogP contribution in [-0.4, -0.2) is 22.3 Å². The van der Waals surface area contributed by atoms with E-state index in [4.69, 9.17) is 0 Å². The van der Waals surface area contributed by atoms with Gasteiger partial charge in [-0.15, -0.1) is 0 Å². The first kappa shape index (κ1) is 13.6. The van der Waals surface area contributed by atoms with Crippen LogP contribution in [0.2, 0.25) is 0 Å². The fraction of sp³-hybridized carbons (Fsp3) is 0.158. The first-order valence-corrected chi connectivity index (χ1v) is 7.64. The summed E-state index contributed by atoms with van der Waals surface area (Å²) in [6.45, 7) is 0.556. The Morgan fingerprint density at radius 3 is 2.65 bits per heavy atom. The van der Waals surface area contributed by atoms with Gasteiger partial charge in [0.25, 0.3) is 5.91 Å². The molecule has 0 saturated carbocycles. The molecule has 2 heterocycles. The minimum atomic E-state index is -0.571. The van der Waals surface area contributed by atoms with E-state index in [1.54, 1.807) is 17.0 Å². The van der Waals surface area contributed by atoms with E-state index < -0.39 is 6.04 Å². The van der Waals surface area contributed by atoms with Crippen molar-refractivity contribution in [1.82, 2.24) is 9.88 Å². The van der Waals surface area contributed by atoms with Gasteiger partial charge in [0, 0.05) is 23.0 Å². The molecule has 4 rings (SSSR count). The van der Waals surface area contributed by atoms with Gasteiger partial charge in [0.2, 0.25) is 0 Å². The van der Waals surface area contributed by atoms with Gasteiger partial charge in [0.05, 0.1) is 11.8 Å². The maximum absolute atomic E-state index is 12.8. The molecular weight excluding hydrogens is 286 g/mol. The Hall–Kier alpha value is -3.06. The SMILES string of the molecule is N#CC1c2[nH]c3ccccc3c2CCN1C(=O)c1ccccc1. The van der Waals surface area contributed by atoms with Crippen molar-refractivity contribution in [3.8, 4) is 6.07 Å². The summed E-state index contributed by atoms with van der Waals surface area (Å²) in [5.41, 5.74) is 3.65. The minimum Gasteiger partial charge on any atom is -0.356 e. The summed E-state index contributed by atoms with van der Waals surface area (Å²) in [4.78, 5) is 17.8. The Bertz CT molecular complexity index is 921. The second kappa shape index (κ2) is 5.29. The number of fused-ring (bicyclic) bond motifs is 3. The summed E-state index contributed by atoms with van der Waals surface area (Å²) in [6, 6.07) is 18.9. The number of hydrogen-bond acceptors (Lipinski definition) is 2. The van der Waals surface area contributed by atoms with Gasteiger partial charge in [0.15, 0.2) is 6.04 Å². The van der Waals surface area contributed by atoms with E-state index in [0.717, 1.165) is 28.6 Å². The molecule has 2 aromatic carbocycles. The Balaban J connectivity index is 1.78. The molecule has 3 aromatic rings. The van der Waals surface area contributed by atoms with Gasteiger partial charge in [-0.05, 0) is 30.2 Å². The second-order valence-electron chi connectivity index (χ2n) is 5.71. The van der Waals surface area contributed by atoms with Crippen LogP contribution >= 0.6 is 0 Å². The molecule has 1 aromatic heterocycles. The molecule has 1 N–H and O–H groups in total. The molecule has 1 unspecified atom stereocenters. The van der Waals surface area contributed by atoms with Crippen LogP contribution in [0.4, 0.5) is 0 Å². The molecule has 0 saturated heterocycles. The zero-order chi connectivity index (χ0) is 15.8. The van der Waals surface area contributed by atoms with Gasteiger partial charge in [-0.25, -0.2) is 0 Å². The van der Waals surface area contributed by atoms with E-state index in [-0.39, 0.29) is 5.91 Å². The smallest absolute Gasteiger partial charge is 0.255 e. The number of aromatic nitrogens is 1. The molecule has 1 atom stereocenters. The van der Waals surface area contributed by atoms with Crippen molar-refractivity contribution < 1.29 is 4.79 Å². The lowest BCUT2D eigenvalue weighted by Crippen LogP contribution is -2.39. The number of nitriles is 1. The molecule has 0 aliphatic carbocycles. The highest BCUT2D eigenvalue weighted by Gasteiger charge is 2.33. The third-order valence-corrected chi connectivity index (χ3v) is 4.44. The molecule has 1 aliphatic heterocycles. The highest BCUT2D eigenvalue weighted by molar-refractivity contribution is 5.95. The number of nitrogens with zero attached hydrogens (tertiary/aromatic N) is 2. The maximum atomic E-state index is 12.8. The summed E-state index contributed by atoms with van der Waals surface area (Å²) in [6.07, 6.45) is 0.760. The summed E-state index contributed by atoms with van der Waals surface area (Å²) in [5.74, 6) is -0.0959. The number of carbonyl (C=O) groups excluding carboxylic acids is 1. The fourth-order valence-corrected chi connectivity index (χ4v) is 3.34. The number of benzene rings is 2. The number of carbonyl (C=O) groups is 1. The highest BCUT2D eigenvalue weighted by Crippen LogP contribution is 2.34. The van der Waals surface area contributed by atoms with Crippen LogP contribution in [0.25, 0.3) is 10.9 Å². The number of para-hydroxylation sites is 1. The third-order valence-electron chi connectivity index (χ3n) is 4.44.